The van der Waals surface area contributed by atoms with Crippen LogP contribution < -0.4 is 0 Å². The SMILES string of the molecule is CCC(C)CCCC(OC(CCCC(C)CC)C1=CCCCC1)C1=CCCCC1. The summed E-state index contributed by atoms with van der Waals surface area (Å²) in [6, 6.07) is 0. The van der Waals surface area contributed by atoms with Crippen LogP contribution in [0.1, 0.15) is 130 Å². The van der Waals surface area contributed by atoms with Gasteiger partial charge in [-0.05, 0) is 87.2 Å². The zero-order chi connectivity index (χ0) is 20.9. The molecule has 0 saturated carbocycles. The van der Waals surface area contributed by atoms with Crippen LogP contribution in [0.3, 0.4) is 0 Å². The summed E-state index contributed by atoms with van der Waals surface area (Å²) in [5.41, 5.74) is 3.26. The zero-order valence-corrected chi connectivity index (χ0v) is 20.2. The molecule has 29 heavy (non-hydrogen) atoms. The summed E-state index contributed by atoms with van der Waals surface area (Å²) in [4.78, 5) is 0. The third-order valence-electron chi connectivity index (χ3n) is 7.53. The van der Waals surface area contributed by atoms with Gasteiger partial charge in [0, 0.05) is 0 Å². The van der Waals surface area contributed by atoms with Crippen molar-refractivity contribution in [1.82, 2.24) is 0 Å². The van der Waals surface area contributed by atoms with E-state index >= 15 is 0 Å². The van der Waals surface area contributed by atoms with Crippen molar-refractivity contribution >= 4 is 0 Å². The molecule has 0 bridgehead atoms. The molecule has 2 rings (SSSR count). The van der Waals surface area contributed by atoms with Crippen molar-refractivity contribution < 1.29 is 4.74 Å². The fraction of sp³-hybridized carbons (Fsp3) is 0.857. The van der Waals surface area contributed by atoms with E-state index in [-0.39, 0.29) is 0 Å². The largest absolute Gasteiger partial charge is 0.366 e. The lowest BCUT2D eigenvalue weighted by atomic mass is 9.89. The van der Waals surface area contributed by atoms with Crippen molar-refractivity contribution in [3.63, 3.8) is 0 Å². The van der Waals surface area contributed by atoms with Crippen LogP contribution in [0.25, 0.3) is 0 Å². The van der Waals surface area contributed by atoms with Gasteiger partial charge in [-0.1, -0.05) is 78.4 Å². The number of rotatable bonds is 14. The van der Waals surface area contributed by atoms with E-state index in [1.165, 1.54) is 103 Å². The summed E-state index contributed by atoms with van der Waals surface area (Å²) in [5, 5.41) is 0. The van der Waals surface area contributed by atoms with E-state index in [1.54, 1.807) is 11.1 Å². The number of hydrogen-bond acceptors (Lipinski definition) is 1. The molecule has 2 aliphatic rings. The minimum Gasteiger partial charge on any atom is -0.366 e. The molecule has 4 atom stereocenters. The highest BCUT2D eigenvalue weighted by molar-refractivity contribution is 5.15. The highest BCUT2D eigenvalue weighted by Gasteiger charge is 2.24. The Labute approximate surface area is 182 Å². The number of allylic oxidation sites excluding steroid dienone is 2. The summed E-state index contributed by atoms with van der Waals surface area (Å²) in [5.74, 6) is 1.70. The van der Waals surface area contributed by atoms with E-state index in [9.17, 15) is 0 Å². The Morgan fingerprint density at radius 1 is 0.690 bits per heavy atom. The maximum absolute atomic E-state index is 7.02. The first-order valence-electron chi connectivity index (χ1n) is 13.2. The van der Waals surface area contributed by atoms with Crippen LogP contribution in [0.15, 0.2) is 23.3 Å². The second-order valence-corrected chi connectivity index (χ2v) is 10.1. The lowest BCUT2D eigenvalue weighted by Crippen LogP contribution is -2.27. The molecule has 0 radical (unpaired) electrons. The summed E-state index contributed by atoms with van der Waals surface area (Å²) < 4.78 is 7.02. The van der Waals surface area contributed by atoms with Gasteiger partial charge in [-0.15, -0.1) is 0 Å². The van der Waals surface area contributed by atoms with Gasteiger partial charge in [0.2, 0.25) is 0 Å². The molecular formula is C28H50O. The predicted molar refractivity (Wildman–Crippen MR) is 128 cm³/mol. The molecule has 0 heterocycles. The van der Waals surface area contributed by atoms with Gasteiger partial charge in [0.1, 0.15) is 0 Å². The van der Waals surface area contributed by atoms with Crippen molar-refractivity contribution in [1.29, 1.82) is 0 Å². The lowest BCUT2D eigenvalue weighted by molar-refractivity contribution is 0.0110. The maximum Gasteiger partial charge on any atom is 0.0793 e. The molecule has 0 fully saturated rings. The van der Waals surface area contributed by atoms with Gasteiger partial charge < -0.3 is 4.74 Å². The molecule has 2 aliphatic carbocycles. The van der Waals surface area contributed by atoms with E-state index in [0.29, 0.717) is 12.2 Å². The van der Waals surface area contributed by atoms with Crippen molar-refractivity contribution in [3.8, 4) is 0 Å². The van der Waals surface area contributed by atoms with Gasteiger partial charge >= 0.3 is 0 Å². The summed E-state index contributed by atoms with van der Waals surface area (Å²) in [7, 11) is 0. The second-order valence-electron chi connectivity index (χ2n) is 10.1. The quantitative estimate of drug-likeness (QED) is 0.263. The molecule has 0 aliphatic heterocycles. The molecule has 0 N–H and O–H groups in total. The third kappa shape index (κ3) is 9.41. The van der Waals surface area contributed by atoms with Crippen molar-refractivity contribution in [2.24, 2.45) is 11.8 Å². The van der Waals surface area contributed by atoms with Crippen molar-refractivity contribution in [2.45, 2.75) is 143 Å². The van der Waals surface area contributed by atoms with Crippen molar-refractivity contribution in [2.75, 3.05) is 0 Å². The first kappa shape index (κ1) is 24.7. The van der Waals surface area contributed by atoms with Gasteiger partial charge in [-0.3, -0.25) is 0 Å². The van der Waals surface area contributed by atoms with E-state index < -0.39 is 0 Å². The Balaban J connectivity index is 2.03. The standard InChI is InChI=1S/C28H50O/c1-5-23(3)15-13-21-27(25-17-9-7-10-18-25)29-28(22-14-16-24(4)6-2)26-19-11-8-12-20-26/h17,19,23-24,27-28H,5-16,18,20-22H2,1-4H3. The van der Waals surface area contributed by atoms with Crippen LogP contribution in [0.2, 0.25) is 0 Å². The number of ether oxygens (including phenoxy) is 1. The van der Waals surface area contributed by atoms with Crippen LogP contribution in [0, 0.1) is 11.8 Å². The summed E-state index contributed by atoms with van der Waals surface area (Å²) in [6.07, 6.45) is 26.7. The Kier molecular flexibility index (Phi) is 12.3. The summed E-state index contributed by atoms with van der Waals surface area (Å²) >= 11 is 0. The minimum atomic E-state index is 0.371. The molecule has 0 spiro atoms. The van der Waals surface area contributed by atoms with E-state index in [2.05, 4.69) is 39.8 Å². The van der Waals surface area contributed by atoms with Crippen LogP contribution in [0.4, 0.5) is 0 Å². The van der Waals surface area contributed by atoms with Gasteiger partial charge in [0.15, 0.2) is 0 Å². The van der Waals surface area contributed by atoms with Crippen LogP contribution in [-0.2, 0) is 4.74 Å². The highest BCUT2D eigenvalue weighted by atomic mass is 16.5. The molecular weight excluding hydrogens is 352 g/mol. The van der Waals surface area contributed by atoms with Gasteiger partial charge in [-0.25, -0.2) is 0 Å². The molecule has 1 nitrogen and oxygen atoms in total. The summed E-state index contributed by atoms with van der Waals surface area (Å²) in [6.45, 7) is 9.46. The normalized spacial score (nSPS) is 21.8. The third-order valence-corrected chi connectivity index (χ3v) is 7.53. The molecule has 0 aromatic rings. The molecule has 0 saturated heterocycles. The Bertz CT molecular complexity index is 445. The van der Waals surface area contributed by atoms with Gasteiger partial charge in [0.05, 0.1) is 12.2 Å². The Morgan fingerprint density at radius 3 is 1.48 bits per heavy atom. The van der Waals surface area contributed by atoms with Crippen LogP contribution >= 0.6 is 0 Å². The minimum absolute atomic E-state index is 0.371. The predicted octanol–water partition coefficient (Wildman–Crippen LogP) is 9.17. The average molecular weight is 403 g/mol. The number of hydrogen-bond donors (Lipinski definition) is 0. The van der Waals surface area contributed by atoms with E-state index in [0.717, 1.165) is 11.8 Å². The van der Waals surface area contributed by atoms with Gasteiger partial charge in [0.25, 0.3) is 0 Å². The molecule has 0 amide bonds. The monoisotopic (exact) mass is 402 g/mol. The van der Waals surface area contributed by atoms with Gasteiger partial charge in [-0.2, -0.15) is 0 Å². The molecule has 0 aromatic heterocycles. The molecule has 1 heteroatoms. The zero-order valence-electron chi connectivity index (χ0n) is 20.2. The van der Waals surface area contributed by atoms with Crippen molar-refractivity contribution in [3.05, 3.63) is 23.3 Å². The fourth-order valence-corrected chi connectivity index (χ4v) is 4.90. The highest BCUT2D eigenvalue weighted by Crippen LogP contribution is 2.32. The van der Waals surface area contributed by atoms with E-state index in [4.69, 9.17) is 4.74 Å². The average Bonchev–Trinajstić information content (AvgIpc) is 2.78. The van der Waals surface area contributed by atoms with Crippen LogP contribution in [0.5, 0.6) is 0 Å². The Morgan fingerprint density at radius 2 is 1.14 bits per heavy atom. The molecule has 0 aromatic carbocycles. The first-order chi connectivity index (χ1) is 14.1. The maximum atomic E-state index is 7.02. The smallest absolute Gasteiger partial charge is 0.0793 e. The Hall–Kier alpha value is -0.560. The first-order valence-corrected chi connectivity index (χ1v) is 13.2. The topological polar surface area (TPSA) is 9.23 Å². The fourth-order valence-electron chi connectivity index (χ4n) is 4.90. The molecule has 168 valence electrons. The second kappa shape index (κ2) is 14.4. The lowest BCUT2D eigenvalue weighted by Gasteiger charge is -2.31. The van der Waals surface area contributed by atoms with Crippen LogP contribution in [-0.4, -0.2) is 12.2 Å². The molecule has 4 unspecified atom stereocenters. The van der Waals surface area contributed by atoms with E-state index in [1.807, 2.05) is 0 Å².